The Bertz CT molecular complexity index is 378. The zero-order valence-electron chi connectivity index (χ0n) is 11.9. The summed E-state index contributed by atoms with van der Waals surface area (Å²) in [7, 11) is 0. The number of nitrogens with two attached hydrogens (primary N) is 1. The zero-order chi connectivity index (χ0) is 17.8. The first-order valence-corrected chi connectivity index (χ1v) is 6.36. The van der Waals surface area contributed by atoms with Crippen molar-refractivity contribution in [1.82, 2.24) is 0 Å². The van der Waals surface area contributed by atoms with Crippen LogP contribution in [0.15, 0.2) is 0 Å². The third kappa shape index (κ3) is 12.8. The predicted octanol–water partition coefficient (Wildman–Crippen LogP) is -0.658. The number of hydrogen-bond donors (Lipinski definition) is 6. The van der Waals surface area contributed by atoms with E-state index in [0.717, 1.165) is 19.3 Å². The summed E-state index contributed by atoms with van der Waals surface area (Å²) in [5, 5.41) is 42.0. The molecule has 0 aliphatic heterocycles. The average Bonchev–Trinajstić information content (AvgIpc) is 2.33. The molecule has 22 heavy (non-hydrogen) atoms. The molecule has 10 heteroatoms. The van der Waals surface area contributed by atoms with Gasteiger partial charge in [0.05, 0.1) is 12.8 Å². The van der Waals surface area contributed by atoms with Gasteiger partial charge in [-0.05, 0) is 19.4 Å². The number of unbranched alkanes of at least 4 members (excludes halogenated alkanes) is 2. The number of hydrogen-bond acceptors (Lipinski definition) is 6. The van der Waals surface area contributed by atoms with Gasteiger partial charge in [-0.2, -0.15) is 0 Å². The minimum Gasteiger partial charge on any atom is -0.481 e. The van der Waals surface area contributed by atoms with E-state index >= 15 is 0 Å². The van der Waals surface area contributed by atoms with Gasteiger partial charge in [0.25, 0.3) is 0 Å². The maximum Gasteiger partial charge on any atom is 0.336 e. The molecule has 0 aliphatic rings. The molecule has 0 aromatic carbocycles. The molecular formula is C12H21NO9. The Kier molecular flexibility index (Phi) is 11.5. The van der Waals surface area contributed by atoms with Crippen molar-refractivity contribution >= 4 is 23.9 Å². The smallest absolute Gasteiger partial charge is 0.336 e. The van der Waals surface area contributed by atoms with Crippen LogP contribution in [-0.4, -0.2) is 61.6 Å². The minimum atomic E-state index is -2.74. The fourth-order valence-corrected chi connectivity index (χ4v) is 1.31. The molecule has 7 N–H and O–H groups in total. The lowest BCUT2D eigenvalue weighted by Gasteiger charge is -2.18. The van der Waals surface area contributed by atoms with Crippen LogP contribution in [0, 0.1) is 0 Å². The number of carboxylic acids is 4. The monoisotopic (exact) mass is 323 g/mol. The summed E-state index contributed by atoms with van der Waals surface area (Å²) in [4.78, 5) is 40.4. The number of rotatable bonds is 10. The molecule has 0 aromatic rings. The largest absolute Gasteiger partial charge is 0.481 e. The Balaban J connectivity index is 0. The summed E-state index contributed by atoms with van der Waals surface area (Å²) >= 11 is 0. The zero-order valence-corrected chi connectivity index (χ0v) is 11.9. The maximum absolute atomic E-state index is 10.3. The van der Waals surface area contributed by atoms with Crippen molar-refractivity contribution in [2.24, 2.45) is 5.73 Å². The van der Waals surface area contributed by atoms with E-state index in [0.29, 0.717) is 6.54 Å². The van der Waals surface area contributed by atoms with Gasteiger partial charge in [-0.15, -0.1) is 0 Å². The van der Waals surface area contributed by atoms with Gasteiger partial charge in [-0.25, -0.2) is 4.79 Å². The number of aliphatic hydroxyl groups is 1. The summed E-state index contributed by atoms with van der Waals surface area (Å²) in [6.45, 7) is 0.666. The normalized spacial score (nSPS) is 10.3. The van der Waals surface area contributed by atoms with E-state index < -0.39 is 42.3 Å². The molecule has 10 nitrogen and oxygen atoms in total. The number of carboxylic acid groups (broad SMARTS) is 4. The molecule has 0 amide bonds. The lowest BCUT2D eigenvalue weighted by atomic mass is 9.96. The summed E-state index contributed by atoms with van der Waals surface area (Å²) in [6, 6.07) is 0. The quantitative estimate of drug-likeness (QED) is 0.281. The molecule has 0 saturated heterocycles. The Morgan fingerprint density at radius 1 is 0.773 bits per heavy atom. The Morgan fingerprint density at radius 2 is 1.23 bits per heavy atom. The van der Waals surface area contributed by atoms with Gasteiger partial charge in [0.1, 0.15) is 0 Å². The maximum atomic E-state index is 10.3. The molecular weight excluding hydrogens is 302 g/mol. The van der Waals surface area contributed by atoms with Crippen LogP contribution in [-0.2, 0) is 19.2 Å². The lowest BCUT2D eigenvalue weighted by molar-refractivity contribution is -0.170. The van der Waals surface area contributed by atoms with E-state index in [9.17, 15) is 19.2 Å². The van der Waals surface area contributed by atoms with E-state index in [1.54, 1.807) is 0 Å². The van der Waals surface area contributed by atoms with E-state index in [1.165, 1.54) is 0 Å². The fraction of sp³-hybridized carbons (Fsp3) is 0.667. The molecule has 0 aromatic heterocycles. The lowest BCUT2D eigenvalue weighted by Crippen LogP contribution is -2.42. The van der Waals surface area contributed by atoms with Crippen LogP contribution in [0.3, 0.4) is 0 Å². The van der Waals surface area contributed by atoms with Crippen LogP contribution in [0.1, 0.15) is 38.5 Å². The average molecular weight is 323 g/mol. The van der Waals surface area contributed by atoms with E-state index in [4.69, 9.17) is 31.3 Å². The van der Waals surface area contributed by atoms with Gasteiger partial charge in [-0.3, -0.25) is 14.4 Å². The topological polar surface area (TPSA) is 195 Å². The summed E-state index contributed by atoms with van der Waals surface area (Å²) < 4.78 is 0. The molecule has 0 unspecified atom stereocenters. The SMILES string of the molecule is NCCCCCC(=O)O.O=C(O)CC(O)(CC(=O)O)C(=O)O. The number of aliphatic carboxylic acids is 4. The highest BCUT2D eigenvalue weighted by molar-refractivity contribution is 5.88. The van der Waals surface area contributed by atoms with E-state index in [2.05, 4.69) is 0 Å². The van der Waals surface area contributed by atoms with Crippen molar-refractivity contribution in [2.45, 2.75) is 44.1 Å². The van der Waals surface area contributed by atoms with Crippen molar-refractivity contribution in [3.63, 3.8) is 0 Å². The van der Waals surface area contributed by atoms with Gasteiger partial charge in [0.2, 0.25) is 0 Å². The molecule has 0 saturated carbocycles. The highest BCUT2D eigenvalue weighted by atomic mass is 16.4. The van der Waals surface area contributed by atoms with E-state index in [-0.39, 0.29) is 6.42 Å². The van der Waals surface area contributed by atoms with Crippen molar-refractivity contribution in [3.05, 3.63) is 0 Å². The van der Waals surface area contributed by atoms with Crippen LogP contribution < -0.4 is 5.73 Å². The predicted molar refractivity (Wildman–Crippen MR) is 72.2 cm³/mol. The van der Waals surface area contributed by atoms with Gasteiger partial charge < -0.3 is 31.3 Å². The van der Waals surface area contributed by atoms with Crippen LogP contribution in [0.5, 0.6) is 0 Å². The van der Waals surface area contributed by atoms with Crippen LogP contribution in [0.25, 0.3) is 0 Å². The standard InChI is InChI=1S/C6H13NO2.C6H8O7/c7-5-3-1-2-4-6(8)9;7-3(8)1-6(13,5(11)12)2-4(9)10/h1-5,7H2,(H,8,9);13H,1-2H2,(H,7,8)(H,9,10)(H,11,12). The second-order valence-corrected chi connectivity index (χ2v) is 4.47. The first-order valence-electron chi connectivity index (χ1n) is 6.36. The fourth-order valence-electron chi connectivity index (χ4n) is 1.31. The molecule has 0 atom stereocenters. The Hall–Kier alpha value is -2.20. The summed E-state index contributed by atoms with van der Waals surface area (Å²) in [5.41, 5.74) is 2.46. The van der Waals surface area contributed by atoms with Gasteiger partial charge in [-0.1, -0.05) is 6.42 Å². The summed E-state index contributed by atoms with van der Waals surface area (Å²) in [6.07, 6.45) is 0.617. The third-order valence-electron chi connectivity index (χ3n) is 2.38. The van der Waals surface area contributed by atoms with Gasteiger partial charge in [0.15, 0.2) is 5.60 Å². The molecule has 0 rings (SSSR count). The Labute approximate surface area is 126 Å². The number of carbonyl (C=O) groups is 4. The molecule has 0 fully saturated rings. The highest BCUT2D eigenvalue weighted by Crippen LogP contribution is 2.15. The molecule has 0 aliphatic carbocycles. The third-order valence-corrected chi connectivity index (χ3v) is 2.38. The van der Waals surface area contributed by atoms with Crippen molar-refractivity contribution in [3.8, 4) is 0 Å². The first-order chi connectivity index (χ1) is 10.0. The van der Waals surface area contributed by atoms with E-state index in [1.807, 2.05) is 0 Å². The van der Waals surface area contributed by atoms with Crippen molar-refractivity contribution in [2.75, 3.05) is 6.54 Å². The van der Waals surface area contributed by atoms with Crippen LogP contribution in [0.2, 0.25) is 0 Å². The molecule has 0 radical (unpaired) electrons. The van der Waals surface area contributed by atoms with Crippen LogP contribution in [0.4, 0.5) is 0 Å². The van der Waals surface area contributed by atoms with Crippen molar-refractivity contribution < 1.29 is 44.7 Å². The molecule has 0 heterocycles. The molecule has 128 valence electrons. The highest BCUT2D eigenvalue weighted by Gasteiger charge is 2.40. The minimum absolute atomic E-state index is 0.278. The molecule has 0 spiro atoms. The Morgan fingerprint density at radius 3 is 1.50 bits per heavy atom. The second kappa shape index (κ2) is 11.5. The second-order valence-electron chi connectivity index (χ2n) is 4.47. The van der Waals surface area contributed by atoms with Crippen LogP contribution >= 0.6 is 0 Å². The summed E-state index contributed by atoms with van der Waals surface area (Å²) in [5.74, 6) is -5.73. The van der Waals surface area contributed by atoms with Crippen molar-refractivity contribution in [1.29, 1.82) is 0 Å². The van der Waals surface area contributed by atoms with Gasteiger partial charge >= 0.3 is 23.9 Å². The first kappa shape index (κ1) is 22.1. The van der Waals surface area contributed by atoms with Gasteiger partial charge in [0, 0.05) is 6.42 Å². The molecule has 0 bridgehead atoms.